The normalized spacial score (nSPS) is 11.3. The molecule has 0 saturated heterocycles. The number of aryl methyl sites for hydroxylation is 1. The Morgan fingerprint density at radius 1 is 1.16 bits per heavy atom. The largest absolute Gasteiger partial charge is 0.368 e. The van der Waals surface area contributed by atoms with Crippen LogP contribution in [0.25, 0.3) is 0 Å². The molecule has 2 rings (SSSR count). The van der Waals surface area contributed by atoms with Gasteiger partial charge in [0.15, 0.2) is 0 Å². The SMILES string of the molecule is Cc1cc(Nc2ccc(S(N)(=O)=O)cc2)nc(N)n1. The smallest absolute Gasteiger partial charge is 0.238 e. The van der Waals surface area contributed by atoms with E-state index in [-0.39, 0.29) is 10.8 Å². The van der Waals surface area contributed by atoms with Gasteiger partial charge in [0.1, 0.15) is 5.82 Å². The average molecular weight is 279 g/mol. The van der Waals surface area contributed by atoms with E-state index in [0.29, 0.717) is 11.5 Å². The minimum Gasteiger partial charge on any atom is -0.368 e. The van der Waals surface area contributed by atoms with Gasteiger partial charge in [-0.3, -0.25) is 0 Å². The van der Waals surface area contributed by atoms with Crippen molar-refractivity contribution in [2.45, 2.75) is 11.8 Å². The fraction of sp³-hybridized carbons (Fsp3) is 0.0909. The number of hydrogen-bond donors (Lipinski definition) is 3. The zero-order valence-corrected chi connectivity index (χ0v) is 11.0. The van der Waals surface area contributed by atoms with Crippen molar-refractivity contribution in [1.82, 2.24) is 9.97 Å². The number of nitrogens with zero attached hydrogens (tertiary/aromatic N) is 2. The summed E-state index contributed by atoms with van der Waals surface area (Å²) in [6, 6.07) is 7.73. The molecule has 7 nitrogen and oxygen atoms in total. The number of hydrogen-bond acceptors (Lipinski definition) is 6. The Balaban J connectivity index is 2.24. The Kier molecular flexibility index (Phi) is 3.36. The van der Waals surface area contributed by atoms with Crippen molar-refractivity contribution in [3.8, 4) is 0 Å². The van der Waals surface area contributed by atoms with Crippen molar-refractivity contribution in [3.63, 3.8) is 0 Å². The third-order valence-electron chi connectivity index (χ3n) is 2.33. The molecule has 0 fully saturated rings. The number of sulfonamides is 1. The van der Waals surface area contributed by atoms with Crippen LogP contribution in [0.5, 0.6) is 0 Å². The highest BCUT2D eigenvalue weighted by atomic mass is 32.2. The summed E-state index contributed by atoms with van der Waals surface area (Å²) in [5, 5.41) is 8.01. The summed E-state index contributed by atoms with van der Waals surface area (Å²) in [5.74, 6) is 0.706. The number of anilines is 3. The number of nitrogens with one attached hydrogen (secondary N) is 1. The minimum atomic E-state index is -3.68. The molecule has 1 aromatic heterocycles. The molecule has 0 bridgehead atoms. The Morgan fingerprint density at radius 2 is 1.79 bits per heavy atom. The highest BCUT2D eigenvalue weighted by Gasteiger charge is 2.07. The molecule has 100 valence electrons. The van der Waals surface area contributed by atoms with Crippen LogP contribution in [0, 0.1) is 6.92 Å². The van der Waals surface area contributed by atoms with Crippen LogP contribution in [0.4, 0.5) is 17.5 Å². The van der Waals surface area contributed by atoms with E-state index in [2.05, 4.69) is 15.3 Å². The summed E-state index contributed by atoms with van der Waals surface area (Å²) in [4.78, 5) is 8.02. The van der Waals surface area contributed by atoms with Crippen LogP contribution in [0.2, 0.25) is 0 Å². The molecule has 8 heteroatoms. The Bertz CT molecular complexity index is 677. The molecule has 0 unspecified atom stereocenters. The van der Waals surface area contributed by atoms with Gasteiger partial charge < -0.3 is 11.1 Å². The van der Waals surface area contributed by atoms with E-state index < -0.39 is 10.0 Å². The van der Waals surface area contributed by atoms with Gasteiger partial charge in [-0.25, -0.2) is 18.5 Å². The monoisotopic (exact) mass is 279 g/mol. The number of nitrogen functional groups attached to an aromatic ring is 1. The Labute approximate surface area is 110 Å². The predicted octanol–water partition coefficient (Wildman–Crippen LogP) is 0.758. The quantitative estimate of drug-likeness (QED) is 0.761. The molecule has 1 heterocycles. The lowest BCUT2D eigenvalue weighted by Gasteiger charge is -2.07. The zero-order chi connectivity index (χ0) is 14.0. The van der Waals surface area contributed by atoms with E-state index >= 15 is 0 Å². The predicted molar refractivity (Wildman–Crippen MR) is 72.3 cm³/mol. The first-order valence-corrected chi connectivity index (χ1v) is 6.90. The van der Waals surface area contributed by atoms with Crippen molar-refractivity contribution >= 4 is 27.5 Å². The summed E-state index contributed by atoms with van der Waals surface area (Å²) in [6.45, 7) is 1.80. The number of aromatic nitrogens is 2. The maximum absolute atomic E-state index is 11.1. The fourth-order valence-corrected chi connectivity index (χ4v) is 2.05. The van der Waals surface area contributed by atoms with Crippen molar-refractivity contribution in [2.75, 3.05) is 11.1 Å². The van der Waals surface area contributed by atoms with Gasteiger partial charge in [0, 0.05) is 17.4 Å². The molecule has 0 aliphatic heterocycles. The number of benzene rings is 1. The van der Waals surface area contributed by atoms with Crippen molar-refractivity contribution in [2.24, 2.45) is 5.14 Å². The first-order chi connectivity index (χ1) is 8.84. The third-order valence-corrected chi connectivity index (χ3v) is 3.26. The van der Waals surface area contributed by atoms with Gasteiger partial charge in [0.2, 0.25) is 16.0 Å². The first-order valence-electron chi connectivity index (χ1n) is 5.35. The third kappa shape index (κ3) is 3.39. The molecule has 0 aliphatic carbocycles. The summed E-state index contributed by atoms with van der Waals surface area (Å²) in [6.07, 6.45) is 0. The molecule has 0 spiro atoms. The molecule has 2 aromatic rings. The fourth-order valence-electron chi connectivity index (χ4n) is 1.53. The first kappa shape index (κ1) is 13.2. The standard InChI is InChI=1S/C11H13N5O2S/c1-7-6-10(16-11(12)14-7)15-8-2-4-9(5-3-8)19(13,17)18/h2-6H,1H3,(H2,13,17,18)(H3,12,14,15,16). The van der Waals surface area contributed by atoms with Gasteiger partial charge in [0.05, 0.1) is 4.90 Å². The van der Waals surface area contributed by atoms with Gasteiger partial charge in [-0.05, 0) is 31.2 Å². The van der Waals surface area contributed by atoms with Gasteiger partial charge in [-0.15, -0.1) is 0 Å². The summed E-state index contributed by atoms with van der Waals surface area (Å²) in [7, 11) is -3.68. The molecule has 0 amide bonds. The van der Waals surface area contributed by atoms with Crippen LogP contribution in [-0.2, 0) is 10.0 Å². The number of nitrogens with two attached hydrogens (primary N) is 2. The number of rotatable bonds is 3. The van der Waals surface area contributed by atoms with E-state index in [9.17, 15) is 8.42 Å². The molecule has 19 heavy (non-hydrogen) atoms. The average Bonchev–Trinajstić information content (AvgIpc) is 2.26. The maximum atomic E-state index is 11.1. The van der Waals surface area contributed by atoms with Gasteiger partial charge in [-0.2, -0.15) is 4.98 Å². The molecule has 0 aliphatic rings. The lowest BCUT2D eigenvalue weighted by molar-refractivity contribution is 0.598. The van der Waals surface area contributed by atoms with Crippen molar-refractivity contribution < 1.29 is 8.42 Å². The summed E-state index contributed by atoms with van der Waals surface area (Å²) >= 11 is 0. The van der Waals surface area contributed by atoms with E-state index in [1.165, 1.54) is 12.1 Å². The van der Waals surface area contributed by atoms with Crippen LogP contribution in [0.1, 0.15) is 5.69 Å². The second-order valence-corrected chi connectivity index (χ2v) is 5.51. The summed E-state index contributed by atoms with van der Waals surface area (Å²) in [5.41, 5.74) is 6.94. The Hall–Kier alpha value is -2.19. The highest BCUT2D eigenvalue weighted by molar-refractivity contribution is 7.89. The van der Waals surface area contributed by atoms with Gasteiger partial charge in [0.25, 0.3) is 0 Å². The number of primary sulfonamides is 1. The minimum absolute atomic E-state index is 0.0523. The van der Waals surface area contributed by atoms with E-state index in [1.807, 2.05) is 0 Å². The maximum Gasteiger partial charge on any atom is 0.238 e. The van der Waals surface area contributed by atoms with Crippen LogP contribution in [0.3, 0.4) is 0 Å². The second kappa shape index (κ2) is 4.82. The van der Waals surface area contributed by atoms with E-state index in [4.69, 9.17) is 10.9 Å². The molecule has 1 aromatic carbocycles. The van der Waals surface area contributed by atoms with Gasteiger partial charge >= 0.3 is 0 Å². The second-order valence-electron chi connectivity index (χ2n) is 3.95. The molecule has 0 atom stereocenters. The molecular weight excluding hydrogens is 266 g/mol. The van der Waals surface area contributed by atoms with E-state index in [1.54, 1.807) is 25.1 Å². The lowest BCUT2D eigenvalue weighted by Crippen LogP contribution is -2.11. The van der Waals surface area contributed by atoms with Gasteiger partial charge in [-0.1, -0.05) is 0 Å². The molecular formula is C11H13N5O2S. The van der Waals surface area contributed by atoms with Crippen LogP contribution in [-0.4, -0.2) is 18.4 Å². The lowest BCUT2D eigenvalue weighted by atomic mass is 10.3. The zero-order valence-electron chi connectivity index (χ0n) is 10.2. The van der Waals surface area contributed by atoms with E-state index in [0.717, 1.165) is 5.69 Å². The van der Waals surface area contributed by atoms with Crippen molar-refractivity contribution in [1.29, 1.82) is 0 Å². The van der Waals surface area contributed by atoms with Crippen molar-refractivity contribution in [3.05, 3.63) is 36.0 Å². The topological polar surface area (TPSA) is 124 Å². The molecule has 0 saturated carbocycles. The molecule has 5 N–H and O–H groups in total. The van der Waals surface area contributed by atoms with Crippen LogP contribution >= 0.6 is 0 Å². The van der Waals surface area contributed by atoms with Crippen LogP contribution < -0.4 is 16.2 Å². The molecule has 0 radical (unpaired) electrons. The van der Waals surface area contributed by atoms with Crippen LogP contribution in [0.15, 0.2) is 35.2 Å². The summed E-state index contributed by atoms with van der Waals surface area (Å²) < 4.78 is 22.2. The highest BCUT2D eigenvalue weighted by Crippen LogP contribution is 2.17. The Morgan fingerprint density at radius 3 is 2.32 bits per heavy atom.